The molecular formula is C20H16F3NO4S. The Hall–Kier alpha value is -2.81. The Kier molecular flexibility index (Phi) is 5.08. The molecule has 2 aliphatic rings. The number of alkyl halides is 3. The number of nitrogens with one attached hydrogen (secondary N) is 1. The Morgan fingerprint density at radius 3 is 2.55 bits per heavy atom. The number of carbonyl (C=O) groups is 1. The number of halogens is 3. The van der Waals surface area contributed by atoms with Crippen LogP contribution in [0.5, 0.6) is 11.5 Å². The van der Waals surface area contributed by atoms with E-state index in [2.05, 4.69) is 4.72 Å². The number of rotatable bonds is 5. The van der Waals surface area contributed by atoms with Gasteiger partial charge in [0, 0.05) is 11.6 Å². The van der Waals surface area contributed by atoms with Crippen LogP contribution in [0.2, 0.25) is 0 Å². The van der Waals surface area contributed by atoms with Crippen molar-refractivity contribution in [3.05, 3.63) is 65.2 Å². The maximum absolute atomic E-state index is 12.5. The maximum atomic E-state index is 12.5. The van der Waals surface area contributed by atoms with Crippen molar-refractivity contribution in [3.8, 4) is 11.5 Å². The minimum atomic E-state index is -4.39. The van der Waals surface area contributed by atoms with Gasteiger partial charge in [-0.3, -0.25) is 9.52 Å². The summed E-state index contributed by atoms with van der Waals surface area (Å²) in [7, 11) is -1.57. The first-order chi connectivity index (χ1) is 13.8. The van der Waals surface area contributed by atoms with E-state index in [-0.39, 0.29) is 11.9 Å². The van der Waals surface area contributed by atoms with E-state index >= 15 is 0 Å². The molecule has 4 rings (SSSR count). The van der Waals surface area contributed by atoms with Crippen molar-refractivity contribution in [1.29, 1.82) is 0 Å². The smallest absolute Gasteiger partial charge is 0.422 e. The number of amides is 1. The highest BCUT2D eigenvalue weighted by Gasteiger charge is 2.31. The van der Waals surface area contributed by atoms with Gasteiger partial charge in [-0.15, -0.1) is 0 Å². The summed E-state index contributed by atoms with van der Waals surface area (Å²) in [6, 6.07) is 11.8. The van der Waals surface area contributed by atoms with Gasteiger partial charge >= 0.3 is 6.18 Å². The van der Waals surface area contributed by atoms with Crippen LogP contribution in [-0.4, -0.2) is 22.9 Å². The zero-order valence-corrected chi connectivity index (χ0v) is 15.8. The minimum Gasteiger partial charge on any atom is -0.486 e. The maximum Gasteiger partial charge on any atom is 0.422 e. The highest BCUT2D eigenvalue weighted by Crippen LogP contribution is 2.40. The number of hydrogen-bond donors (Lipinski definition) is 1. The molecule has 1 aliphatic carbocycles. The van der Waals surface area contributed by atoms with Gasteiger partial charge in [0.15, 0.2) is 17.6 Å². The quantitative estimate of drug-likeness (QED) is 0.794. The Balaban J connectivity index is 1.48. The van der Waals surface area contributed by atoms with Gasteiger partial charge in [-0.05, 0) is 42.2 Å². The van der Waals surface area contributed by atoms with Crippen molar-refractivity contribution in [3.63, 3.8) is 0 Å². The minimum absolute atomic E-state index is 0.231. The number of fused-ring (bicyclic) bond motifs is 1. The third-order valence-corrected chi connectivity index (χ3v) is 5.78. The summed E-state index contributed by atoms with van der Waals surface area (Å²) >= 11 is 0. The van der Waals surface area contributed by atoms with Crippen LogP contribution >= 0.6 is 0 Å². The van der Waals surface area contributed by atoms with E-state index in [4.69, 9.17) is 9.47 Å². The monoisotopic (exact) mass is 423 g/mol. The molecule has 1 amide bonds. The van der Waals surface area contributed by atoms with E-state index < -0.39 is 29.7 Å². The number of carbonyl (C=O) groups excluding carboxylic acids is 1. The van der Waals surface area contributed by atoms with Crippen LogP contribution in [-0.2, 0) is 22.2 Å². The van der Waals surface area contributed by atoms with Gasteiger partial charge < -0.3 is 9.47 Å². The average molecular weight is 423 g/mol. The largest absolute Gasteiger partial charge is 0.486 e. The Labute approximate surface area is 167 Å². The Bertz CT molecular complexity index is 1000. The standard InChI is InChI=1S/C20H16F3NO4S/c21-20(22,23)11-27-16-3-1-2-14-15(16)8-9-17(14)28-13-6-4-12(5-7-13)18-10-19(25)24-29(18)26/h1-7,10,17H,8-9,11H2,(H,24,25). The summed E-state index contributed by atoms with van der Waals surface area (Å²) in [5.74, 6) is 0.399. The van der Waals surface area contributed by atoms with Crippen LogP contribution in [0.1, 0.15) is 29.2 Å². The molecule has 0 bridgehead atoms. The number of ether oxygens (including phenoxy) is 2. The second-order valence-corrected chi connectivity index (χ2v) is 7.82. The predicted octanol–water partition coefficient (Wildman–Crippen LogP) is 3.83. The van der Waals surface area contributed by atoms with Crippen molar-refractivity contribution in [1.82, 2.24) is 4.72 Å². The van der Waals surface area contributed by atoms with E-state index in [1.165, 1.54) is 12.1 Å². The predicted molar refractivity (Wildman–Crippen MR) is 100 cm³/mol. The summed E-state index contributed by atoms with van der Waals surface area (Å²) in [4.78, 5) is 11.7. The summed E-state index contributed by atoms with van der Waals surface area (Å²) in [6.07, 6.45) is -2.21. The van der Waals surface area contributed by atoms with E-state index in [0.29, 0.717) is 29.1 Å². The van der Waals surface area contributed by atoms with E-state index in [1.807, 2.05) is 6.07 Å². The highest BCUT2D eigenvalue weighted by molar-refractivity contribution is 7.93. The molecule has 29 heavy (non-hydrogen) atoms. The normalized spacial score (nSPS) is 20.8. The summed E-state index contributed by atoms with van der Waals surface area (Å²) in [5, 5.41) is 0. The van der Waals surface area contributed by atoms with E-state index in [0.717, 1.165) is 11.1 Å². The third-order valence-electron chi connectivity index (χ3n) is 4.64. The van der Waals surface area contributed by atoms with Crippen LogP contribution in [0.4, 0.5) is 13.2 Å². The lowest BCUT2D eigenvalue weighted by Crippen LogP contribution is -2.19. The van der Waals surface area contributed by atoms with Crippen LogP contribution in [0.3, 0.4) is 0 Å². The van der Waals surface area contributed by atoms with Gasteiger partial charge in [-0.2, -0.15) is 13.2 Å². The molecule has 2 aromatic carbocycles. The van der Waals surface area contributed by atoms with Gasteiger partial charge in [-0.1, -0.05) is 24.3 Å². The molecule has 2 aromatic rings. The van der Waals surface area contributed by atoms with Crippen molar-refractivity contribution in [2.45, 2.75) is 25.1 Å². The zero-order valence-electron chi connectivity index (χ0n) is 15.0. The van der Waals surface area contributed by atoms with Gasteiger partial charge in [0.05, 0.1) is 4.91 Å². The molecular weight excluding hydrogens is 407 g/mol. The van der Waals surface area contributed by atoms with E-state index in [9.17, 15) is 22.2 Å². The fourth-order valence-corrected chi connectivity index (χ4v) is 4.32. The van der Waals surface area contributed by atoms with Crippen LogP contribution in [0, 0.1) is 0 Å². The Morgan fingerprint density at radius 1 is 1.14 bits per heavy atom. The fraction of sp³-hybridized carbons (Fsp3) is 0.250. The van der Waals surface area contributed by atoms with Crippen molar-refractivity contribution >= 4 is 21.8 Å². The number of hydrogen-bond acceptors (Lipinski definition) is 4. The summed E-state index contributed by atoms with van der Waals surface area (Å²) in [5.41, 5.74) is 2.18. The molecule has 0 fully saturated rings. The lowest BCUT2D eigenvalue weighted by atomic mass is 10.1. The molecule has 1 N–H and O–H groups in total. The van der Waals surface area contributed by atoms with Crippen molar-refractivity contribution in [2.75, 3.05) is 6.61 Å². The topological polar surface area (TPSA) is 64.6 Å². The van der Waals surface area contributed by atoms with Gasteiger partial charge in [-0.25, -0.2) is 4.21 Å². The fourth-order valence-electron chi connectivity index (χ4n) is 3.40. The first-order valence-electron chi connectivity index (χ1n) is 8.83. The van der Waals surface area contributed by atoms with Crippen molar-refractivity contribution in [2.24, 2.45) is 0 Å². The van der Waals surface area contributed by atoms with E-state index in [1.54, 1.807) is 30.3 Å². The van der Waals surface area contributed by atoms with Crippen LogP contribution in [0.15, 0.2) is 48.5 Å². The molecule has 0 aromatic heterocycles. The molecule has 2 atom stereocenters. The summed E-state index contributed by atoms with van der Waals surface area (Å²) < 4.78 is 62.5. The first kappa shape index (κ1) is 19.5. The average Bonchev–Trinajstić information content (AvgIpc) is 3.23. The summed E-state index contributed by atoms with van der Waals surface area (Å²) in [6.45, 7) is -1.33. The zero-order chi connectivity index (χ0) is 20.6. The molecule has 152 valence electrons. The molecule has 9 heteroatoms. The second-order valence-electron chi connectivity index (χ2n) is 6.64. The number of benzene rings is 2. The lowest BCUT2D eigenvalue weighted by molar-refractivity contribution is -0.153. The highest BCUT2D eigenvalue weighted by atomic mass is 32.2. The molecule has 1 heterocycles. The van der Waals surface area contributed by atoms with Crippen molar-refractivity contribution < 1.29 is 31.6 Å². The molecule has 2 unspecified atom stereocenters. The molecule has 0 spiro atoms. The Morgan fingerprint density at radius 2 is 1.90 bits per heavy atom. The van der Waals surface area contributed by atoms with Gasteiger partial charge in [0.2, 0.25) is 0 Å². The van der Waals surface area contributed by atoms with Gasteiger partial charge in [0.25, 0.3) is 5.91 Å². The SMILES string of the molecule is O=C1C=C(c2ccc(OC3CCc4c(OCC(F)(F)F)cccc43)cc2)S(=O)N1. The molecule has 1 aliphatic heterocycles. The second kappa shape index (κ2) is 7.55. The molecule has 0 saturated heterocycles. The molecule has 0 saturated carbocycles. The van der Waals surface area contributed by atoms with Crippen LogP contribution in [0.25, 0.3) is 4.91 Å². The first-order valence-corrected chi connectivity index (χ1v) is 9.98. The molecule has 5 nitrogen and oxygen atoms in total. The van der Waals surface area contributed by atoms with Crippen LogP contribution < -0.4 is 14.2 Å². The molecule has 0 radical (unpaired) electrons. The third kappa shape index (κ3) is 4.29. The van der Waals surface area contributed by atoms with Gasteiger partial charge in [0.1, 0.15) is 17.6 Å². The lowest BCUT2D eigenvalue weighted by Gasteiger charge is -2.16.